The average molecular weight is 213 g/mol. The van der Waals surface area contributed by atoms with Crippen LogP contribution in [0.15, 0.2) is 12.1 Å². The molecule has 0 aliphatic heterocycles. The minimum Gasteiger partial charge on any atom is -0.324 e. The molecule has 1 atom stereocenters. The van der Waals surface area contributed by atoms with E-state index in [0.717, 1.165) is 12.1 Å². The third kappa shape index (κ3) is 2.51. The second kappa shape index (κ2) is 4.85. The van der Waals surface area contributed by atoms with Crippen LogP contribution in [0.25, 0.3) is 0 Å². The lowest BCUT2D eigenvalue weighted by Gasteiger charge is -2.11. The number of benzene rings is 1. The van der Waals surface area contributed by atoms with Gasteiger partial charge in [-0.3, -0.25) is 0 Å². The van der Waals surface area contributed by atoms with E-state index >= 15 is 0 Å². The summed E-state index contributed by atoms with van der Waals surface area (Å²) in [4.78, 5) is 0. The van der Waals surface area contributed by atoms with Gasteiger partial charge in [0.15, 0.2) is 17.5 Å². The maximum absolute atomic E-state index is 13.2. The van der Waals surface area contributed by atoms with Crippen molar-refractivity contribution >= 4 is 0 Å². The van der Waals surface area contributed by atoms with Crippen LogP contribution in [-0.4, -0.2) is 0 Å². The molecular weight excluding hydrogens is 203 g/mol. The number of terminal acetylenes is 1. The highest BCUT2D eigenvalue weighted by atomic mass is 19.2. The van der Waals surface area contributed by atoms with Gasteiger partial charge in [-0.2, -0.15) is 0 Å². The van der Waals surface area contributed by atoms with Crippen LogP contribution in [0.3, 0.4) is 0 Å². The van der Waals surface area contributed by atoms with Gasteiger partial charge in [-0.1, -0.05) is 6.07 Å². The van der Waals surface area contributed by atoms with Gasteiger partial charge in [0.2, 0.25) is 0 Å². The van der Waals surface area contributed by atoms with Crippen molar-refractivity contribution in [2.24, 2.45) is 5.73 Å². The smallest absolute Gasteiger partial charge is 0.194 e. The van der Waals surface area contributed by atoms with Gasteiger partial charge in [-0.25, -0.2) is 13.2 Å². The Balaban J connectivity index is 2.96. The highest BCUT2D eigenvalue weighted by Gasteiger charge is 2.17. The molecule has 1 unspecified atom stereocenters. The first-order chi connectivity index (χ1) is 7.07. The molecule has 0 heterocycles. The number of rotatable bonds is 3. The Labute approximate surface area is 86.1 Å². The molecular formula is C11H10F3N. The van der Waals surface area contributed by atoms with E-state index in [2.05, 4.69) is 5.92 Å². The van der Waals surface area contributed by atoms with Crippen LogP contribution in [0.2, 0.25) is 0 Å². The Hall–Kier alpha value is -1.47. The Morgan fingerprint density at radius 1 is 1.27 bits per heavy atom. The second-order valence-corrected chi connectivity index (χ2v) is 3.11. The summed E-state index contributed by atoms with van der Waals surface area (Å²) < 4.78 is 38.6. The fraction of sp³-hybridized carbons (Fsp3) is 0.273. The molecule has 1 aromatic carbocycles. The third-order valence-electron chi connectivity index (χ3n) is 2.06. The zero-order chi connectivity index (χ0) is 11.4. The van der Waals surface area contributed by atoms with E-state index in [1.807, 2.05) is 0 Å². The zero-order valence-electron chi connectivity index (χ0n) is 7.93. The Morgan fingerprint density at radius 3 is 2.53 bits per heavy atom. The molecule has 1 rings (SSSR count). The van der Waals surface area contributed by atoms with Crippen molar-refractivity contribution in [3.05, 3.63) is 35.1 Å². The van der Waals surface area contributed by atoms with Crippen LogP contribution in [0.1, 0.15) is 24.4 Å². The maximum Gasteiger partial charge on any atom is 0.194 e. The molecule has 0 fully saturated rings. The normalized spacial score (nSPS) is 12.2. The lowest BCUT2D eigenvalue weighted by atomic mass is 10.0. The first-order valence-corrected chi connectivity index (χ1v) is 4.40. The van der Waals surface area contributed by atoms with Gasteiger partial charge in [0.25, 0.3) is 0 Å². The molecule has 0 aliphatic carbocycles. The summed E-state index contributed by atoms with van der Waals surface area (Å²) in [7, 11) is 0. The van der Waals surface area contributed by atoms with Crippen LogP contribution in [0.4, 0.5) is 13.2 Å². The lowest BCUT2D eigenvalue weighted by Crippen LogP contribution is -2.13. The van der Waals surface area contributed by atoms with Gasteiger partial charge in [-0.15, -0.1) is 12.3 Å². The molecule has 1 nitrogen and oxygen atoms in total. The van der Waals surface area contributed by atoms with Crippen LogP contribution in [0, 0.1) is 29.8 Å². The highest BCUT2D eigenvalue weighted by molar-refractivity contribution is 5.23. The molecule has 0 saturated heterocycles. The molecule has 0 aliphatic rings. The van der Waals surface area contributed by atoms with Crippen molar-refractivity contribution in [1.82, 2.24) is 0 Å². The molecule has 0 amide bonds. The Kier molecular flexibility index (Phi) is 3.75. The van der Waals surface area contributed by atoms with Gasteiger partial charge in [0.1, 0.15) is 0 Å². The first kappa shape index (κ1) is 11.6. The summed E-state index contributed by atoms with van der Waals surface area (Å²) in [6, 6.07) is 1.27. The van der Waals surface area contributed by atoms with E-state index in [9.17, 15) is 13.2 Å². The van der Waals surface area contributed by atoms with E-state index in [-0.39, 0.29) is 5.56 Å². The Bertz CT molecular complexity index is 396. The molecule has 0 bridgehead atoms. The van der Waals surface area contributed by atoms with Gasteiger partial charge in [-0.05, 0) is 12.5 Å². The summed E-state index contributed by atoms with van der Waals surface area (Å²) in [5.74, 6) is -1.61. The molecule has 0 radical (unpaired) electrons. The molecule has 0 aromatic heterocycles. The van der Waals surface area contributed by atoms with Crippen LogP contribution < -0.4 is 5.73 Å². The van der Waals surface area contributed by atoms with E-state index in [1.54, 1.807) is 0 Å². The van der Waals surface area contributed by atoms with Crippen molar-refractivity contribution in [2.75, 3.05) is 0 Å². The SMILES string of the molecule is C#CCCC(N)c1ccc(F)c(F)c1F. The fourth-order valence-electron chi connectivity index (χ4n) is 1.22. The molecule has 4 heteroatoms. The molecule has 2 N–H and O–H groups in total. The molecule has 1 aromatic rings. The molecule has 80 valence electrons. The second-order valence-electron chi connectivity index (χ2n) is 3.11. The molecule has 0 spiro atoms. The predicted molar refractivity (Wildman–Crippen MR) is 51.3 cm³/mol. The lowest BCUT2D eigenvalue weighted by molar-refractivity contribution is 0.433. The van der Waals surface area contributed by atoms with Crippen molar-refractivity contribution in [3.8, 4) is 12.3 Å². The predicted octanol–water partition coefficient (Wildman–Crippen LogP) is 2.52. The number of nitrogens with two attached hydrogens (primary N) is 1. The molecule has 15 heavy (non-hydrogen) atoms. The van der Waals surface area contributed by atoms with Gasteiger partial charge in [0, 0.05) is 18.0 Å². The van der Waals surface area contributed by atoms with E-state index in [0.29, 0.717) is 12.8 Å². The minimum atomic E-state index is -1.50. The number of halogens is 3. The first-order valence-electron chi connectivity index (χ1n) is 4.40. The van der Waals surface area contributed by atoms with Crippen molar-refractivity contribution in [1.29, 1.82) is 0 Å². The maximum atomic E-state index is 13.2. The zero-order valence-corrected chi connectivity index (χ0v) is 7.93. The standard InChI is InChI=1S/C11H10F3N/c1-2-3-4-9(15)7-5-6-8(12)11(14)10(7)13/h1,5-6,9H,3-4,15H2. The topological polar surface area (TPSA) is 26.0 Å². The number of hydrogen-bond acceptors (Lipinski definition) is 1. The third-order valence-corrected chi connectivity index (χ3v) is 2.06. The van der Waals surface area contributed by atoms with Gasteiger partial charge in [0.05, 0.1) is 0 Å². The molecule has 0 saturated carbocycles. The van der Waals surface area contributed by atoms with Crippen LogP contribution >= 0.6 is 0 Å². The van der Waals surface area contributed by atoms with E-state index < -0.39 is 23.5 Å². The van der Waals surface area contributed by atoms with E-state index in [4.69, 9.17) is 12.2 Å². The van der Waals surface area contributed by atoms with Gasteiger partial charge < -0.3 is 5.73 Å². The van der Waals surface area contributed by atoms with Gasteiger partial charge >= 0.3 is 0 Å². The minimum absolute atomic E-state index is 0.0517. The quantitative estimate of drug-likeness (QED) is 0.606. The van der Waals surface area contributed by atoms with Crippen molar-refractivity contribution in [2.45, 2.75) is 18.9 Å². The largest absolute Gasteiger partial charge is 0.324 e. The fourth-order valence-corrected chi connectivity index (χ4v) is 1.22. The summed E-state index contributed by atoms with van der Waals surface area (Å²) in [5, 5.41) is 0. The summed E-state index contributed by atoms with van der Waals surface area (Å²) in [6.45, 7) is 0. The average Bonchev–Trinajstić information content (AvgIpc) is 2.23. The summed E-state index contributed by atoms with van der Waals surface area (Å²) in [5.41, 5.74) is 5.52. The summed E-state index contributed by atoms with van der Waals surface area (Å²) >= 11 is 0. The number of hydrogen-bond donors (Lipinski definition) is 1. The van der Waals surface area contributed by atoms with E-state index in [1.165, 1.54) is 0 Å². The highest BCUT2D eigenvalue weighted by Crippen LogP contribution is 2.22. The van der Waals surface area contributed by atoms with Crippen molar-refractivity contribution < 1.29 is 13.2 Å². The monoisotopic (exact) mass is 213 g/mol. The van der Waals surface area contributed by atoms with Crippen LogP contribution in [0.5, 0.6) is 0 Å². The van der Waals surface area contributed by atoms with Crippen molar-refractivity contribution in [3.63, 3.8) is 0 Å². The Morgan fingerprint density at radius 2 is 1.93 bits per heavy atom. The van der Waals surface area contributed by atoms with Crippen LogP contribution in [-0.2, 0) is 0 Å². The summed E-state index contributed by atoms with van der Waals surface area (Å²) in [6.07, 6.45) is 5.71.